The molecule has 68 valence electrons. The summed E-state index contributed by atoms with van der Waals surface area (Å²) in [5.41, 5.74) is 0. The van der Waals surface area contributed by atoms with E-state index in [0.29, 0.717) is 0 Å². The first-order valence-electron chi connectivity index (χ1n) is 4.18. The second-order valence-electron chi connectivity index (χ2n) is 2.59. The molecule has 3 heteroatoms. The standard InChI is InChI=1S/C9H15NOS/c1-10-5-3-6-11-8-9-4-2-7-12-9/h2,4,7,10H,3,5-6,8H2,1H3. The van der Waals surface area contributed by atoms with E-state index < -0.39 is 0 Å². The highest BCUT2D eigenvalue weighted by atomic mass is 32.1. The van der Waals surface area contributed by atoms with Gasteiger partial charge in [0.15, 0.2) is 0 Å². The van der Waals surface area contributed by atoms with Crippen LogP contribution in [0.1, 0.15) is 11.3 Å². The van der Waals surface area contributed by atoms with Gasteiger partial charge in [0.05, 0.1) is 6.61 Å². The van der Waals surface area contributed by atoms with Crippen molar-refractivity contribution in [1.82, 2.24) is 5.32 Å². The molecule has 0 unspecified atom stereocenters. The lowest BCUT2D eigenvalue weighted by atomic mass is 10.4. The van der Waals surface area contributed by atoms with Crippen molar-refractivity contribution in [1.29, 1.82) is 0 Å². The van der Waals surface area contributed by atoms with E-state index >= 15 is 0 Å². The summed E-state index contributed by atoms with van der Waals surface area (Å²) in [5.74, 6) is 0. The largest absolute Gasteiger partial charge is 0.376 e. The van der Waals surface area contributed by atoms with Gasteiger partial charge in [0, 0.05) is 11.5 Å². The fraction of sp³-hybridized carbons (Fsp3) is 0.556. The summed E-state index contributed by atoms with van der Waals surface area (Å²) in [6.45, 7) is 2.64. The molecule has 1 aromatic rings. The summed E-state index contributed by atoms with van der Waals surface area (Å²) < 4.78 is 5.45. The zero-order valence-electron chi connectivity index (χ0n) is 7.38. The van der Waals surface area contributed by atoms with Crippen molar-refractivity contribution in [3.8, 4) is 0 Å². The molecule has 0 atom stereocenters. The van der Waals surface area contributed by atoms with Crippen molar-refractivity contribution < 1.29 is 4.74 Å². The first-order chi connectivity index (χ1) is 5.93. The molecule has 2 nitrogen and oxygen atoms in total. The van der Waals surface area contributed by atoms with Crippen LogP contribution in [0.5, 0.6) is 0 Å². The number of ether oxygens (including phenoxy) is 1. The summed E-state index contributed by atoms with van der Waals surface area (Å²) in [6.07, 6.45) is 1.09. The predicted octanol–water partition coefficient (Wildman–Crippen LogP) is 1.87. The van der Waals surface area contributed by atoms with E-state index in [0.717, 1.165) is 26.2 Å². The Balaban J connectivity index is 1.96. The average molecular weight is 185 g/mol. The smallest absolute Gasteiger partial charge is 0.0809 e. The molecule has 12 heavy (non-hydrogen) atoms. The van der Waals surface area contributed by atoms with Crippen LogP contribution >= 0.6 is 11.3 Å². The zero-order chi connectivity index (χ0) is 8.65. The van der Waals surface area contributed by atoms with Crippen LogP contribution < -0.4 is 5.32 Å². The number of nitrogens with one attached hydrogen (secondary N) is 1. The fourth-order valence-electron chi connectivity index (χ4n) is 0.918. The third kappa shape index (κ3) is 3.85. The van der Waals surface area contributed by atoms with Crippen molar-refractivity contribution in [3.63, 3.8) is 0 Å². The quantitative estimate of drug-likeness (QED) is 0.683. The highest BCUT2D eigenvalue weighted by Gasteiger charge is 1.92. The second-order valence-corrected chi connectivity index (χ2v) is 3.62. The molecule has 0 aliphatic rings. The lowest BCUT2D eigenvalue weighted by Crippen LogP contribution is -2.10. The molecule has 0 radical (unpaired) electrons. The molecule has 0 saturated carbocycles. The van der Waals surface area contributed by atoms with Gasteiger partial charge in [-0.2, -0.15) is 0 Å². The maximum Gasteiger partial charge on any atom is 0.0809 e. The lowest BCUT2D eigenvalue weighted by molar-refractivity contribution is 0.121. The van der Waals surface area contributed by atoms with Crippen LogP contribution in [-0.4, -0.2) is 20.2 Å². The molecule has 1 heterocycles. The molecule has 0 saturated heterocycles. The van der Waals surface area contributed by atoms with Crippen molar-refractivity contribution in [2.24, 2.45) is 0 Å². The molecule has 0 aromatic carbocycles. The Morgan fingerprint density at radius 1 is 1.58 bits per heavy atom. The van der Waals surface area contributed by atoms with Gasteiger partial charge < -0.3 is 10.1 Å². The minimum absolute atomic E-state index is 0.765. The van der Waals surface area contributed by atoms with E-state index in [9.17, 15) is 0 Å². The van der Waals surface area contributed by atoms with E-state index in [1.54, 1.807) is 11.3 Å². The summed E-state index contributed by atoms with van der Waals surface area (Å²) in [4.78, 5) is 1.31. The molecule has 1 N–H and O–H groups in total. The van der Waals surface area contributed by atoms with Gasteiger partial charge in [-0.25, -0.2) is 0 Å². The normalized spacial score (nSPS) is 10.4. The van der Waals surface area contributed by atoms with Crippen molar-refractivity contribution in [3.05, 3.63) is 22.4 Å². The molecular formula is C9H15NOS. The summed E-state index contributed by atoms with van der Waals surface area (Å²) in [7, 11) is 1.96. The first-order valence-corrected chi connectivity index (χ1v) is 5.06. The topological polar surface area (TPSA) is 21.3 Å². The van der Waals surface area contributed by atoms with Crippen LogP contribution in [0.3, 0.4) is 0 Å². The second kappa shape index (κ2) is 6.17. The number of hydrogen-bond donors (Lipinski definition) is 1. The van der Waals surface area contributed by atoms with Crippen LogP contribution in [-0.2, 0) is 11.3 Å². The average Bonchev–Trinajstić information content (AvgIpc) is 2.57. The zero-order valence-corrected chi connectivity index (χ0v) is 8.19. The molecule has 0 bridgehead atoms. The van der Waals surface area contributed by atoms with E-state index in [1.165, 1.54) is 4.88 Å². The molecular weight excluding hydrogens is 170 g/mol. The molecule has 0 fully saturated rings. The minimum Gasteiger partial charge on any atom is -0.376 e. The third-order valence-electron chi connectivity index (χ3n) is 1.54. The molecule has 0 spiro atoms. The Morgan fingerprint density at radius 2 is 2.50 bits per heavy atom. The van der Waals surface area contributed by atoms with E-state index in [1.807, 2.05) is 7.05 Å². The Labute approximate surface area is 77.6 Å². The molecule has 1 rings (SSSR count). The molecule has 0 aliphatic carbocycles. The number of rotatable bonds is 6. The Hall–Kier alpha value is -0.380. The van der Waals surface area contributed by atoms with Crippen LogP contribution in [0.4, 0.5) is 0 Å². The van der Waals surface area contributed by atoms with Gasteiger partial charge in [-0.15, -0.1) is 11.3 Å². The van der Waals surface area contributed by atoms with E-state index in [2.05, 4.69) is 22.8 Å². The predicted molar refractivity (Wildman–Crippen MR) is 52.5 cm³/mol. The summed E-state index contributed by atoms with van der Waals surface area (Å²) in [5, 5.41) is 5.16. The van der Waals surface area contributed by atoms with Gasteiger partial charge in [-0.1, -0.05) is 6.07 Å². The Morgan fingerprint density at radius 3 is 3.17 bits per heavy atom. The SMILES string of the molecule is CNCCCOCc1cccs1. The molecule has 1 aromatic heterocycles. The summed E-state index contributed by atoms with van der Waals surface area (Å²) in [6, 6.07) is 4.15. The monoisotopic (exact) mass is 185 g/mol. The number of hydrogen-bond acceptors (Lipinski definition) is 3. The van der Waals surface area contributed by atoms with Gasteiger partial charge in [0.25, 0.3) is 0 Å². The van der Waals surface area contributed by atoms with Crippen molar-refractivity contribution >= 4 is 11.3 Å². The lowest BCUT2D eigenvalue weighted by Gasteiger charge is -2.01. The Bertz CT molecular complexity index is 186. The van der Waals surface area contributed by atoms with Gasteiger partial charge in [-0.05, 0) is 31.5 Å². The highest BCUT2D eigenvalue weighted by Crippen LogP contribution is 2.09. The van der Waals surface area contributed by atoms with Gasteiger partial charge in [0.1, 0.15) is 0 Å². The van der Waals surface area contributed by atoms with Crippen molar-refractivity contribution in [2.45, 2.75) is 13.0 Å². The van der Waals surface area contributed by atoms with Crippen molar-refractivity contribution in [2.75, 3.05) is 20.2 Å². The first kappa shape index (κ1) is 9.71. The minimum atomic E-state index is 0.765. The van der Waals surface area contributed by atoms with E-state index in [-0.39, 0.29) is 0 Å². The van der Waals surface area contributed by atoms with Gasteiger partial charge >= 0.3 is 0 Å². The summed E-state index contributed by atoms with van der Waals surface area (Å²) >= 11 is 1.75. The van der Waals surface area contributed by atoms with E-state index in [4.69, 9.17) is 4.74 Å². The maximum absolute atomic E-state index is 5.45. The maximum atomic E-state index is 5.45. The van der Waals surface area contributed by atoms with Crippen LogP contribution in [0.2, 0.25) is 0 Å². The molecule has 0 amide bonds. The van der Waals surface area contributed by atoms with Crippen LogP contribution in [0.15, 0.2) is 17.5 Å². The highest BCUT2D eigenvalue weighted by molar-refractivity contribution is 7.09. The Kier molecular flexibility index (Phi) is 4.99. The van der Waals surface area contributed by atoms with Gasteiger partial charge in [-0.3, -0.25) is 0 Å². The number of thiophene rings is 1. The third-order valence-corrected chi connectivity index (χ3v) is 2.39. The van der Waals surface area contributed by atoms with Crippen LogP contribution in [0, 0.1) is 0 Å². The molecule has 0 aliphatic heterocycles. The van der Waals surface area contributed by atoms with Gasteiger partial charge in [0.2, 0.25) is 0 Å². The fourth-order valence-corrected chi connectivity index (χ4v) is 1.56. The van der Waals surface area contributed by atoms with Crippen LogP contribution in [0.25, 0.3) is 0 Å².